The minimum Gasteiger partial charge on any atom is -0.305 e. The molecule has 1 atom stereocenters. The van der Waals surface area contributed by atoms with Gasteiger partial charge in [-0.05, 0) is 44.4 Å². The van der Waals surface area contributed by atoms with Gasteiger partial charge in [-0.25, -0.2) is 0 Å². The lowest BCUT2D eigenvalue weighted by Gasteiger charge is -2.16. The molecule has 0 aliphatic rings. The highest BCUT2D eigenvalue weighted by Gasteiger charge is 2.10. The fourth-order valence-corrected chi connectivity index (χ4v) is 2.54. The van der Waals surface area contributed by atoms with Crippen LogP contribution in [-0.4, -0.2) is 9.78 Å². The number of hydrogen-bond donors (Lipinski definition) is 1. The number of rotatable bonds is 6. The van der Waals surface area contributed by atoms with Crippen molar-refractivity contribution in [3.63, 3.8) is 0 Å². The molecule has 0 unspecified atom stereocenters. The summed E-state index contributed by atoms with van der Waals surface area (Å²) in [6.45, 7) is 10.5. The molecule has 0 aliphatic carbocycles. The van der Waals surface area contributed by atoms with Gasteiger partial charge in [0.05, 0.1) is 11.4 Å². The van der Waals surface area contributed by atoms with E-state index in [1.807, 2.05) is 0 Å². The molecule has 0 spiro atoms. The zero-order chi connectivity index (χ0) is 14.5. The molecular formula is C17H25N3. The van der Waals surface area contributed by atoms with Gasteiger partial charge in [-0.2, -0.15) is 5.10 Å². The molecule has 3 heteroatoms. The summed E-state index contributed by atoms with van der Waals surface area (Å²) >= 11 is 0. The molecule has 0 bridgehead atoms. The summed E-state index contributed by atoms with van der Waals surface area (Å²) in [5.41, 5.74) is 5.15. The quantitative estimate of drug-likeness (QED) is 0.869. The van der Waals surface area contributed by atoms with Crippen molar-refractivity contribution in [2.24, 2.45) is 0 Å². The van der Waals surface area contributed by atoms with E-state index < -0.39 is 0 Å². The summed E-state index contributed by atoms with van der Waals surface area (Å²) in [5, 5.41) is 8.20. The van der Waals surface area contributed by atoms with Crippen molar-refractivity contribution in [1.82, 2.24) is 15.1 Å². The van der Waals surface area contributed by atoms with Gasteiger partial charge >= 0.3 is 0 Å². The van der Waals surface area contributed by atoms with Gasteiger partial charge < -0.3 is 5.32 Å². The molecule has 0 radical (unpaired) electrons. The average molecular weight is 271 g/mol. The SMILES string of the molecule is CCc1cc(CN[C@H](C)c2ccccc2C)n(CC)n1. The van der Waals surface area contributed by atoms with Gasteiger partial charge in [0.15, 0.2) is 0 Å². The summed E-state index contributed by atoms with van der Waals surface area (Å²) in [6.07, 6.45) is 0.993. The molecule has 2 rings (SSSR count). The first-order chi connectivity index (χ1) is 9.65. The number of hydrogen-bond acceptors (Lipinski definition) is 2. The Morgan fingerprint density at radius 1 is 1.25 bits per heavy atom. The zero-order valence-electron chi connectivity index (χ0n) is 13.0. The Balaban J connectivity index is 2.05. The Hall–Kier alpha value is -1.61. The third-order valence-electron chi connectivity index (χ3n) is 3.82. The van der Waals surface area contributed by atoms with Crippen molar-refractivity contribution in [2.75, 3.05) is 0 Å². The van der Waals surface area contributed by atoms with Gasteiger partial charge in [0.1, 0.15) is 0 Å². The lowest BCUT2D eigenvalue weighted by atomic mass is 10.0. The highest BCUT2D eigenvalue weighted by Crippen LogP contribution is 2.17. The average Bonchev–Trinajstić information content (AvgIpc) is 2.87. The van der Waals surface area contributed by atoms with Crippen LogP contribution in [-0.2, 0) is 19.5 Å². The van der Waals surface area contributed by atoms with Gasteiger partial charge in [0, 0.05) is 19.1 Å². The van der Waals surface area contributed by atoms with Crippen LogP contribution >= 0.6 is 0 Å². The van der Waals surface area contributed by atoms with Gasteiger partial charge in [-0.15, -0.1) is 0 Å². The monoisotopic (exact) mass is 271 g/mol. The zero-order valence-corrected chi connectivity index (χ0v) is 13.0. The van der Waals surface area contributed by atoms with Gasteiger partial charge in [-0.3, -0.25) is 4.68 Å². The first-order valence-electron chi connectivity index (χ1n) is 7.50. The molecule has 3 nitrogen and oxygen atoms in total. The molecule has 108 valence electrons. The third-order valence-corrected chi connectivity index (χ3v) is 3.82. The molecule has 0 aliphatic heterocycles. The molecule has 1 aromatic heterocycles. The predicted molar refractivity (Wildman–Crippen MR) is 83.7 cm³/mol. The van der Waals surface area contributed by atoms with E-state index in [9.17, 15) is 0 Å². The Morgan fingerprint density at radius 2 is 2.00 bits per heavy atom. The molecule has 1 aromatic carbocycles. The number of nitrogens with one attached hydrogen (secondary N) is 1. The van der Waals surface area contributed by atoms with E-state index in [-0.39, 0.29) is 0 Å². The molecule has 0 saturated carbocycles. The van der Waals surface area contributed by atoms with Crippen LogP contribution in [0.15, 0.2) is 30.3 Å². The Bertz CT molecular complexity index is 557. The molecule has 0 amide bonds. The summed E-state index contributed by atoms with van der Waals surface area (Å²) in [4.78, 5) is 0. The fraction of sp³-hybridized carbons (Fsp3) is 0.471. The second-order valence-electron chi connectivity index (χ2n) is 5.26. The number of aromatic nitrogens is 2. The van der Waals surface area contributed by atoms with Gasteiger partial charge in [-0.1, -0.05) is 31.2 Å². The maximum atomic E-state index is 4.59. The minimum absolute atomic E-state index is 0.349. The molecule has 2 aromatic rings. The molecule has 0 saturated heterocycles. The predicted octanol–water partition coefficient (Wildman–Crippen LogP) is 3.62. The van der Waals surface area contributed by atoms with Crippen LogP contribution in [0.25, 0.3) is 0 Å². The molecule has 1 heterocycles. The molecule has 0 fully saturated rings. The number of aryl methyl sites for hydroxylation is 3. The number of benzene rings is 1. The van der Waals surface area contributed by atoms with E-state index in [1.165, 1.54) is 22.5 Å². The summed E-state index contributed by atoms with van der Waals surface area (Å²) < 4.78 is 2.09. The Labute approximate surface area is 122 Å². The minimum atomic E-state index is 0.349. The summed E-state index contributed by atoms with van der Waals surface area (Å²) in [5.74, 6) is 0. The van der Waals surface area contributed by atoms with E-state index in [2.05, 4.69) is 73.1 Å². The first kappa shape index (κ1) is 14.8. The van der Waals surface area contributed by atoms with E-state index in [0.29, 0.717) is 6.04 Å². The molecule has 20 heavy (non-hydrogen) atoms. The molecule has 1 N–H and O–H groups in total. The van der Waals surface area contributed by atoms with Crippen LogP contribution in [0.4, 0.5) is 0 Å². The smallest absolute Gasteiger partial charge is 0.0625 e. The van der Waals surface area contributed by atoms with Crippen molar-refractivity contribution >= 4 is 0 Å². The van der Waals surface area contributed by atoms with Crippen molar-refractivity contribution in [3.05, 3.63) is 52.8 Å². The van der Waals surface area contributed by atoms with E-state index in [4.69, 9.17) is 0 Å². The summed E-state index contributed by atoms with van der Waals surface area (Å²) in [6, 6.07) is 11.1. The van der Waals surface area contributed by atoms with Crippen LogP contribution in [0.1, 0.15) is 49.3 Å². The lowest BCUT2D eigenvalue weighted by molar-refractivity contribution is 0.529. The second kappa shape index (κ2) is 6.71. The maximum absolute atomic E-state index is 4.59. The second-order valence-corrected chi connectivity index (χ2v) is 5.26. The van der Waals surface area contributed by atoms with E-state index in [1.54, 1.807) is 0 Å². The third kappa shape index (κ3) is 3.28. The highest BCUT2D eigenvalue weighted by molar-refractivity contribution is 5.28. The number of nitrogens with zero attached hydrogens (tertiary/aromatic N) is 2. The van der Waals surface area contributed by atoms with Crippen LogP contribution in [0.5, 0.6) is 0 Å². The maximum Gasteiger partial charge on any atom is 0.0625 e. The largest absolute Gasteiger partial charge is 0.305 e. The van der Waals surface area contributed by atoms with Crippen LogP contribution in [0.2, 0.25) is 0 Å². The normalized spacial score (nSPS) is 12.6. The van der Waals surface area contributed by atoms with Crippen molar-refractivity contribution < 1.29 is 0 Å². The first-order valence-corrected chi connectivity index (χ1v) is 7.50. The topological polar surface area (TPSA) is 29.9 Å². The van der Waals surface area contributed by atoms with Crippen LogP contribution in [0.3, 0.4) is 0 Å². The van der Waals surface area contributed by atoms with Gasteiger partial charge in [0.2, 0.25) is 0 Å². The standard InChI is InChI=1S/C17H25N3/c1-5-15-11-16(20(6-2)19-15)12-18-14(4)17-10-8-7-9-13(17)3/h7-11,14,18H,5-6,12H2,1-4H3/t14-/m1/s1. The highest BCUT2D eigenvalue weighted by atomic mass is 15.3. The van der Waals surface area contributed by atoms with Crippen molar-refractivity contribution in [1.29, 1.82) is 0 Å². The Morgan fingerprint density at radius 3 is 2.65 bits per heavy atom. The van der Waals surface area contributed by atoms with Crippen LogP contribution in [0, 0.1) is 6.92 Å². The summed E-state index contributed by atoms with van der Waals surface area (Å²) in [7, 11) is 0. The van der Waals surface area contributed by atoms with Gasteiger partial charge in [0.25, 0.3) is 0 Å². The van der Waals surface area contributed by atoms with Crippen molar-refractivity contribution in [3.8, 4) is 0 Å². The fourth-order valence-electron chi connectivity index (χ4n) is 2.54. The van der Waals surface area contributed by atoms with E-state index >= 15 is 0 Å². The Kier molecular flexibility index (Phi) is 4.96. The molecular weight excluding hydrogens is 246 g/mol. The lowest BCUT2D eigenvalue weighted by Crippen LogP contribution is -2.20. The van der Waals surface area contributed by atoms with Crippen LogP contribution < -0.4 is 5.32 Å². The van der Waals surface area contributed by atoms with E-state index in [0.717, 1.165) is 19.5 Å². The van der Waals surface area contributed by atoms with Crippen molar-refractivity contribution in [2.45, 2.75) is 53.2 Å².